The van der Waals surface area contributed by atoms with Crippen LogP contribution in [-0.2, 0) is 27.7 Å². The second-order valence-electron chi connectivity index (χ2n) is 10.6. The summed E-state index contributed by atoms with van der Waals surface area (Å²) in [5.41, 5.74) is 0.276. The molecule has 0 amide bonds. The molecule has 32 heavy (non-hydrogen) atoms. The molecule has 0 aromatic carbocycles. The first-order chi connectivity index (χ1) is 15.3. The Morgan fingerprint density at radius 2 is 1.78 bits per heavy atom. The third-order valence-corrected chi connectivity index (χ3v) is 8.16. The minimum Gasteiger partial charge on any atom is -0.465 e. The molecule has 8 heteroatoms. The molecule has 4 bridgehead atoms. The van der Waals surface area contributed by atoms with E-state index in [4.69, 9.17) is 9.72 Å². The molecule has 0 radical (unpaired) electrons. The molecule has 172 valence electrons. The summed E-state index contributed by atoms with van der Waals surface area (Å²) in [6.07, 6.45) is 3.54. The highest BCUT2D eigenvalue weighted by Crippen LogP contribution is 2.61. The lowest BCUT2D eigenvalue weighted by Crippen LogP contribution is -2.49. The van der Waals surface area contributed by atoms with E-state index < -0.39 is 17.7 Å². The molecule has 5 fully saturated rings. The van der Waals surface area contributed by atoms with Gasteiger partial charge in [-0.3, -0.25) is 4.79 Å². The Hall–Kier alpha value is -2.12. The van der Waals surface area contributed by atoms with Crippen LogP contribution in [0.3, 0.4) is 0 Å². The summed E-state index contributed by atoms with van der Waals surface area (Å²) in [4.78, 5) is 17.1. The van der Waals surface area contributed by atoms with E-state index in [1.165, 1.54) is 30.0 Å². The number of nitrogens with zero attached hydrogens (tertiary/aromatic N) is 3. The highest BCUT2D eigenvalue weighted by molar-refractivity contribution is 5.85. The van der Waals surface area contributed by atoms with Crippen molar-refractivity contribution in [3.8, 4) is 0 Å². The zero-order chi connectivity index (χ0) is 22.3. The van der Waals surface area contributed by atoms with Crippen LogP contribution in [0.5, 0.6) is 0 Å². The Kier molecular flexibility index (Phi) is 4.44. The van der Waals surface area contributed by atoms with Crippen LogP contribution in [0.4, 0.5) is 13.2 Å². The number of alkyl halides is 3. The molecular weight excluding hydrogens is 419 g/mol. The maximum absolute atomic E-state index is 14.4. The molecule has 2 heterocycles. The van der Waals surface area contributed by atoms with Crippen molar-refractivity contribution in [3.63, 3.8) is 0 Å². The lowest BCUT2D eigenvalue weighted by atomic mass is 9.48. The fourth-order valence-corrected chi connectivity index (χ4v) is 7.20. The van der Waals surface area contributed by atoms with Gasteiger partial charge < -0.3 is 4.74 Å². The van der Waals surface area contributed by atoms with Gasteiger partial charge in [0.05, 0.1) is 23.3 Å². The number of aromatic nitrogens is 3. The topological polar surface area (TPSA) is 57.0 Å². The van der Waals surface area contributed by atoms with Crippen molar-refractivity contribution in [1.82, 2.24) is 14.8 Å². The second-order valence-corrected chi connectivity index (χ2v) is 10.6. The van der Waals surface area contributed by atoms with E-state index in [-0.39, 0.29) is 35.5 Å². The number of rotatable bonds is 5. The van der Waals surface area contributed by atoms with Gasteiger partial charge in [0.15, 0.2) is 5.65 Å². The van der Waals surface area contributed by atoms with Crippen LogP contribution in [0.1, 0.15) is 81.2 Å². The number of hydrogen-bond acceptors (Lipinski definition) is 4. The minimum atomic E-state index is -4.50. The average Bonchev–Trinajstić information content (AvgIpc) is 3.48. The van der Waals surface area contributed by atoms with Crippen molar-refractivity contribution in [1.29, 1.82) is 0 Å². The fourth-order valence-electron chi connectivity index (χ4n) is 7.20. The number of carbonyl (C=O) groups excluding carboxylic acids is 1. The maximum Gasteiger partial charge on any atom is 0.417 e. The quantitative estimate of drug-likeness (QED) is 0.579. The molecule has 5 nitrogen and oxygen atoms in total. The zero-order valence-electron chi connectivity index (χ0n) is 18.2. The van der Waals surface area contributed by atoms with Crippen molar-refractivity contribution in [2.75, 3.05) is 6.61 Å². The Balaban J connectivity index is 1.54. The minimum absolute atomic E-state index is 0.00856. The molecular formula is C24H28F3N3O2. The number of ether oxygens (including phenoxy) is 1. The molecule has 5 aliphatic rings. The molecule has 0 unspecified atom stereocenters. The van der Waals surface area contributed by atoms with Crippen LogP contribution in [0.25, 0.3) is 11.0 Å². The lowest BCUT2D eigenvalue weighted by Gasteiger charge is -2.56. The molecule has 2 aromatic rings. The summed E-state index contributed by atoms with van der Waals surface area (Å²) in [7, 11) is 0. The lowest BCUT2D eigenvalue weighted by molar-refractivity contribution is -0.144. The van der Waals surface area contributed by atoms with Gasteiger partial charge in [0, 0.05) is 17.0 Å². The predicted molar refractivity (Wildman–Crippen MR) is 111 cm³/mol. The van der Waals surface area contributed by atoms with E-state index in [1.807, 2.05) is 0 Å². The van der Waals surface area contributed by atoms with Gasteiger partial charge in [-0.2, -0.15) is 18.3 Å². The van der Waals surface area contributed by atoms with E-state index in [9.17, 15) is 18.0 Å². The summed E-state index contributed by atoms with van der Waals surface area (Å²) < 4.78 is 49.5. The average molecular weight is 448 g/mol. The van der Waals surface area contributed by atoms with Crippen molar-refractivity contribution in [2.24, 2.45) is 17.8 Å². The van der Waals surface area contributed by atoms with E-state index in [1.54, 1.807) is 6.92 Å². The number of fused-ring (bicyclic) bond motifs is 1. The van der Waals surface area contributed by atoms with E-state index in [0.29, 0.717) is 29.1 Å². The van der Waals surface area contributed by atoms with Gasteiger partial charge >= 0.3 is 12.1 Å². The highest BCUT2D eigenvalue weighted by Gasteiger charge is 2.53. The van der Waals surface area contributed by atoms with Crippen molar-refractivity contribution >= 4 is 17.0 Å². The Morgan fingerprint density at radius 3 is 2.31 bits per heavy atom. The molecule has 0 aliphatic heterocycles. The van der Waals surface area contributed by atoms with Gasteiger partial charge in [-0.15, -0.1) is 0 Å². The third kappa shape index (κ3) is 3.24. The van der Waals surface area contributed by atoms with Gasteiger partial charge in [-0.25, -0.2) is 9.67 Å². The first-order valence-corrected chi connectivity index (χ1v) is 11.9. The van der Waals surface area contributed by atoms with Crippen LogP contribution in [0.15, 0.2) is 6.07 Å². The monoisotopic (exact) mass is 447 g/mol. The second kappa shape index (κ2) is 6.94. The Morgan fingerprint density at radius 1 is 1.16 bits per heavy atom. The van der Waals surface area contributed by atoms with Crippen LogP contribution < -0.4 is 0 Å². The van der Waals surface area contributed by atoms with Crippen molar-refractivity contribution < 1.29 is 22.7 Å². The summed E-state index contributed by atoms with van der Waals surface area (Å²) in [5, 5.41) is 4.57. The molecule has 5 aliphatic carbocycles. The van der Waals surface area contributed by atoms with Crippen LogP contribution in [-0.4, -0.2) is 27.3 Å². The standard InChI is InChI=1S/C24H28F3N3O2/c1-2-32-19(31)12-30-22-20(21(29-30)16-3-4-16)17(24(25,26)27)8-18(28-22)23-9-13-5-14(10-23)7-15(6-13)11-23/h8,13-16H,2-7,9-12H2,1H3. The first-order valence-electron chi connectivity index (χ1n) is 11.9. The fraction of sp³-hybridized carbons (Fsp3) is 0.708. The number of halogens is 3. The van der Waals surface area contributed by atoms with E-state index >= 15 is 0 Å². The molecule has 0 spiro atoms. The zero-order valence-corrected chi connectivity index (χ0v) is 18.2. The van der Waals surface area contributed by atoms with Gasteiger partial charge in [0.25, 0.3) is 0 Å². The van der Waals surface area contributed by atoms with Crippen LogP contribution >= 0.6 is 0 Å². The molecule has 0 atom stereocenters. The number of esters is 1. The normalized spacial score (nSPS) is 31.4. The van der Waals surface area contributed by atoms with Crippen LogP contribution in [0, 0.1) is 17.8 Å². The summed E-state index contributed by atoms with van der Waals surface area (Å²) in [5.74, 6) is 1.29. The molecule has 0 saturated heterocycles. The Labute approximate surface area is 184 Å². The van der Waals surface area contributed by atoms with Gasteiger partial charge in [0.1, 0.15) is 6.54 Å². The largest absolute Gasteiger partial charge is 0.465 e. The molecule has 7 rings (SSSR count). The third-order valence-electron chi connectivity index (χ3n) is 8.16. The molecule has 2 aromatic heterocycles. The van der Waals surface area contributed by atoms with Gasteiger partial charge in [-0.1, -0.05) is 0 Å². The first kappa shape index (κ1) is 20.5. The summed E-state index contributed by atoms with van der Waals surface area (Å²) in [6.45, 7) is 1.71. The van der Waals surface area contributed by atoms with E-state index in [0.717, 1.165) is 32.1 Å². The van der Waals surface area contributed by atoms with Gasteiger partial charge in [-0.05, 0) is 82.1 Å². The molecule has 0 N–H and O–H groups in total. The van der Waals surface area contributed by atoms with Crippen molar-refractivity contribution in [2.45, 2.75) is 82.3 Å². The maximum atomic E-state index is 14.4. The van der Waals surface area contributed by atoms with Crippen molar-refractivity contribution in [3.05, 3.63) is 23.0 Å². The summed E-state index contributed by atoms with van der Waals surface area (Å²) >= 11 is 0. The predicted octanol–water partition coefficient (Wildman–Crippen LogP) is 5.36. The number of carbonyl (C=O) groups is 1. The van der Waals surface area contributed by atoms with Gasteiger partial charge in [0.2, 0.25) is 0 Å². The smallest absolute Gasteiger partial charge is 0.417 e. The number of pyridine rings is 1. The van der Waals surface area contributed by atoms with E-state index in [2.05, 4.69) is 5.10 Å². The number of hydrogen-bond donors (Lipinski definition) is 0. The Bertz CT molecular complexity index is 1050. The highest BCUT2D eigenvalue weighted by atomic mass is 19.4. The van der Waals surface area contributed by atoms with Crippen LogP contribution in [0.2, 0.25) is 0 Å². The summed E-state index contributed by atoms with van der Waals surface area (Å²) in [6, 6.07) is 1.33. The molecule has 5 saturated carbocycles. The SMILES string of the molecule is CCOC(=O)Cn1nc(C2CC2)c2c(C(F)(F)F)cc(C34CC5CC(CC(C5)C3)C4)nc21.